The van der Waals surface area contributed by atoms with Gasteiger partial charge in [0.05, 0.1) is 13.0 Å². The zero-order chi connectivity index (χ0) is 14.4. The van der Waals surface area contributed by atoms with Crippen LogP contribution in [0.1, 0.15) is 18.4 Å². The molecule has 2 rings (SSSR count). The highest BCUT2D eigenvalue weighted by atomic mass is 16.2. The lowest BCUT2D eigenvalue weighted by Crippen LogP contribution is -2.47. The Labute approximate surface area is 116 Å². The zero-order valence-electron chi connectivity index (χ0n) is 11.0. The van der Waals surface area contributed by atoms with Crippen molar-refractivity contribution in [2.45, 2.75) is 19.3 Å². The van der Waals surface area contributed by atoms with Gasteiger partial charge in [-0.1, -0.05) is 30.3 Å². The van der Waals surface area contributed by atoms with Crippen molar-refractivity contribution in [3.63, 3.8) is 0 Å². The lowest BCUT2D eigenvalue weighted by Gasteiger charge is -2.08. The lowest BCUT2D eigenvalue weighted by molar-refractivity contribution is -0.130. The molecule has 0 bridgehead atoms. The van der Waals surface area contributed by atoms with E-state index in [2.05, 4.69) is 16.2 Å². The number of benzene rings is 1. The van der Waals surface area contributed by atoms with E-state index >= 15 is 0 Å². The largest absolute Gasteiger partial charge is 0.347 e. The van der Waals surface area contributed by atoms with Gasteiger partial charge in [-0.2, -0.15) is 0 Å². The van der Waals surface area contributed by atoms with Crippen molar-refractivity contribution in [1.29, 1.82) is 0 Å². The Bertz CT molecular complexity index is 498. The van der Waals surface area contributed by atoms with Crippen molar-refractivity contribution in [3.05, 3.63) is 35.9 Å². The van der Waals surface area contributed by atoms with Gasteiger partial charge in [-0.3, -0.25) is 25.2 Å². The normalized spacial score (nSPS) is 13.4. The van der Waals surface area contributed by atoms with Crippen LogP contribution in [0.5, 0.6) is 0 Å². The second kappa shape index (κ2) is 6.70. The molecule has 1 aliphatic rings. The molecule has 1 aromatic rings. The Morgan fingerprint density at radius 1 is 1.00 bits per heavy atom. The first-order chi connectivity index (χ1) is 9.65. The molecule has 3 N–H and O–H groups in total. The van der Waals surface area contributed by atoms with Gasteiger partial charge in [0.15, 0.2) is 0 Å². The third-order valence-electron chi connectivity index (χ3n) is 2.93. The molecule has 106 valence electrons. The maximum absolute atomic E-state index is 11.6. The number of amides is 3. The van der Waals surface area contributed by atoms with Crippen LogP contribution in [0.3, 0.4) is 0 Å². The van der Waals surface area contributed by atoms with Crippen LogP contribution >= 0.6 is 0 Å². The average molecular weight is 275 g/mol. The van der Waals surface area contributed by atoms with Gasteiger partial charge in [0, 0.05) is 5.92 Å². The second-order valence-corrected chi connectivity index (χ2v) is 4.75. The molecule has 0 aliphatic heterocycles. The molecule has 0 unspecified atom stereocenters. The highest BCUT2D eigenvalue weighted by Crippen LogP contribution is 2.28. The number of carbonyl (C=O) groups excluding carboxylic acids is 3. The van der Waals surface area contributed by atoms with E-state index in [0.29, 0.717) is 0 Å². The molecule has 0 heterocycles. The summed E-state index contributed by atoms with van der Waals surface area (Å²) in [5.74, 6) is -0.822. The van der Waals surface area contributed by atoms with Crippen LogP contribution in [0.2, 0.25) is 0 Å². The van der Waals surface area contributed by atoms with Gasteiger partial charge in [-0.15, -0.1) is 0 Å². The monoisotopic (exact) mass is 275 g/mol. The molecular weight excluding hydrogens is 258 g/mol. The van der Waals surface area contributed by atoms with Gasteiger partial charge < -0.3 is 5.32 Å². The van der Waals surface area contributed by atoms with Gasteiger partial charge >= 0.3 is 0 Å². The highest BCUT2D eigenvalue weighted by molar-refractivity contribution is 5.88. The molecule has 0 saturated heterocycles. The van der Waals surface area contributed by atoms with Crippen molar-refractivity contribution >= 4 is 17.7 Å². The predicted octanol–water partition coefficient (Wildman–Crippen LogP) is -0.0973. The number of nitrogens with one attached hydrogen (secondary N) is 3. The summed E-state index contributed by atoms with van der Waals surface area (Å²) in [5.41, 5.74) is 5.48. The Balaban J connectivity index is 1.62. The van der Waals surface area contributed by atoms with Gasteiger partial charge in [-0.25, -0.2) is 0 Å². The molecule has 6 heteroatoms. The summed E-state index contributed by atoms with van der Waals surface area (Å²) in [6, 6.07) is 9.26. The number of rotatable bonds is 5. The first kappa shape index (κ1) is 14.0. The Hall–Kier alpha value is -2.37. The SMILES string of the molecule is O=C(Cc1ccccc1)NCC(=O)NNC(=O)C1CC1. The molecule has 0 aromatic heterocycles. The maximum atomic E-state index is 11.6. The van der Waals surface area contributed by atoms with Gasteiger partial charge in [-0.05, 0) is 18.4 Å². The number of hydrazine groups is 1. The third-order valence-corrected chi connectivity index (χ3v) is 2.93. The fourth-order valence-electron chi connectivity index (χ4n) is 1.65. The smallest absolute Gasteiger partial charge is 0.257 e. The lowest BCUT2D eigenvalue weighted by atomic mass is 10.1. The molecule has 1 aromatic carbocycles. The van der Waals surface area contributed by atoms with Gasteiger partial charge in [0.1, 0.15) is 0 Å². The fraction of sp³-hybridized carbons (Fsp3) is 0.357. The summed E-state index contributed by atoms with van der Waals surface area (Å²) in [5, 5.41) is 2.50. The van der Waals surface area contributed by atoms with Crippen molar-refractivity contribution in [2.75, 3.05) is 6.54 Å². The van der Waals surface area contributed by atoms with Crippen LogP contribution in [-0.2, 0) is 20.8 Å². The quantitative estimate of drug-likeness (QED) is 0.656. The second-order valence-electron chi connectivity index (χ2n) is 4.75. The van der Waals surface area contributed by atoms with E-state index < -0.39 is 5.91 Å². The zero-order valence-corrected chi connectivity index (χ0v) is 11.0. The van der Waals surface area contributed by atoms with Crippen molar-refractivity contribution in [2.24, 2.45) is 5.92 Å². The Morgan fingerprint density at radius 2 is 1.70 bits per heavy atom. The van der Waals surface area contributed by atoms with Crippen LogP contribution in [0.4, 0.5) is 0 Å². The van der Waals surface area contributed by atoms with Crippen LogP contribution < -0.4 is 16.2 Å². The molecule has 6 nitrogen and oxygen atoms in total. The predicted molar refractivity (Wildman–Crippen MR) is 72.2 cm³/mol. The van der Waals surface area contributed by atoms with E-state index in [-0.39, 0.29) is 30.7 Å². The average Bonchev–Trinajstić information content (AvgIpc) is 3.28. The van der Waals surface area contributed by atoms with E-state index in [1.54, 1.807) is 0 Å². The Morgan fingerprint density at radius 3 is 2.35 bits per heavy atom. The third kappa shape index (κ3) is 4.72. The van der Waals surface area contributed by atoms with Crippen molar-refractivity contribution in [1.82, 2.24) is 16.2 Å². The van der Waals surface area contributed by atoms with E-state index in [1.165, 1.54) is 0 Å². The molecule has 1 fully saturated rings. The molecular formula is C14H17N3O3. The molecule has 0 atom stereocenters. The minimum absolute atomic E-state index is 0.0305. The molecule has 1 saturated carbocycles. The van der Waals surface area contributed by atoms with Crippen LogP contribution in [0.25, 0.3) is 0 Å². The summed E-state index contributed by atoms with van der Waals surface area (Å²) in [6.45, 7) is -0.156. The van der Waals surface area contributed by atoms with Crippen molar-refractivity contribution in [3.8, 4) is 0 Å². The van der Waals surface area contributed by atoms with E-state index in [0.717, 1.165) is 18.4 Å². The first-order valence-corrected chi connectivity index (χ1v) is 6.54. The Kier molecular flexibility index (Phi) is 4.70. The summed E-state index contributed by atoms with van der Waals surface area (Å²) in [6.07, 6.45) is 1.97. The minimum atomic E-state index is -0.444. The minimum Gasteiger partial charge on any atom is -0.347 e. The fourth-order valence-corrected chi connectivity index (χ4v) is 1.65. The number of hydrogen-bond donors (Lipinski definition) is 3. The van der Waals surface area contributed by atoms with Crippen LogP contribution in [-0.4, -0.2) is 24.3 Å². The van der Waals surface area contributed by atoms with Gasteiger partial charge in [0.25, 0.3) is 5.91 Å². The number of carbonyl (C=O) groups is 3. The van der Waals surface area contributed by atoms with E-state index in [1.807, 2.05) is 30.3 Å². The molecule has 3 amide bonds. The van der Waals surface area contributed by atoms with E-state index in [4.69, 9.17) is 0 Å². The van der Waals surface area contributed by atoms with E-state index in [9.17, 15) is 14.4 Å². The highest BCUT2D eigenvalue weighted by Gasteiger charge is 2.29. The summed E-state index contributed by atoms with van der Waals surface area (Å²) in [4.78, 5) is 34.3. The maximum Gasteiger partial charge on any atom is 0.257 e. The first-order valence-electron chi connectivity index (χ1n) is 6.54. The topological polar surface area (TPSA) is 87.3 Å². The van der Waals surface area contributed by atoms with Crippen molar-refractivity contribution < 1.29 is 14.4 Å². The molecule has 1 aliphatic carbocycles. The van der Waals surface area contributed by atoms with Crippen LogP contribution in [0.15, 0.2) is 30.3 Å². The van der Waals surface area contributed by atoms with Crippen LogP contribution in [0, 0.1) is 5.92 Å². The molecule has 20 heavy (non-hydrogen) atoms. The standard InChI is InChI=1S/C14H17N3O3/c18-12(8-10-4-2-1-3-5-10)15-9-13(19)16-17-14(20)11-6-7-11/h1-5,11H,6-9H2,(H,15,18)(H,16,19)(H,17,20). The number of hydrogen-bond acceptors (Lipinski definition) is 3. The molecule has 0 radical (unpaired) electrons. The summed E-state index contributed by atoms with van der Waals surface area (Å²) in [7, 11) is 0. The van der Waals surface area contributed by atoms with Gasteiger partial charge in [0.2, 0.25) is 11.8 Å². The summed E-state index contributed by atoms with van der Waals surface area (Å²) < 4.78 is 0. The summed E-state index contributed by atoms with van der Waals surface area (Å²) >= 11 is 0. The molecule has 0 spiro atoms.